The number of amides is 1. The van der Waals surface area contributed by atoms with Crippen LogP contribution in [-0.4, -0.2) is 34.9 Å². The summed E-state index contributed by atoms with van der Waals surface area (Å²) in [4.78, 5) is 12.9. The van der Waals surface area contributed by atoms with Crippen LogP contribution in [-0.2, 0) is 17.6 Å². The van der Waals surface area contributed by atoms with Gasteiger partial charge in [-0.2, -0.15) is 5.10 Å². The molecule has 1 N–H and O–H groups in total. The van der Waals surface area contributed by atoms with Gasteiger partial charge < -0.3 is 10.1 Å². The van der Waals surface area contributed by atoms with Crippen molar-refractivity contribution in [2.75, 3.05) is 13.2 Å². The zero-order valence-corrected chi connectivity index (χ0v) is 15.3. The van der Waals surface area contributed by atoms with E-state index < -0.39 is 0 Å². The highest BCUT2D eigenvalue weighted by molar-refractivity contribution is 5.96. The zero-order chi connectivity index (χ0) is 17.8. The minimum Gasteiger partial charge on any atom is -0.376 e. The standard InChI is InChI=1S/C20H27N3O2/c1-4-16-19(20(24)21-13-15-10-8-12-25-15)17(5-2)23(22-16)18-11-7-6-9-14(18)3/h6-7,9,11,15H,4-5,8,10,12-13H2,1-3H3,(H,21,24)/t15-/m1/s1. The van der Waals surface area contributed by atoms with E-state index in [-0.39, 0.29) is 12.0 Å². The van der Waals surface area contributed by atoms with E-state index in [0.717, 1.165) is 60.5 Å². The van der Waals surface area contributed by atoms with E-state index in [2.05, 4.69) is 31.3 Å². The molecule has 1 saturated heterocycles. The second-order valence-electron chi connectivity index (χ2n) is 6.52. The van der Waals surface area contributed by atoms with E-state index >= 15 is 0 Å². The fourth-order valence-electron chi connectivity index (χ4n) is 3.44. The average Bonchev–Trinajstić information content (AvgIpc) is 3.27. The Balaban J connectivity index is 1.92. The molecule has 1 aliphatic heterocycles. The Labute approximate surface area is 149 Å². The molecule has 1 atom stereocenters. The number of benzene rings is 1. The number of ether oxygens (including phenoxy) is 1. The second-order valence-corrected chi connectivity index (χ2v) is 6.52. The monoisotopic (exact) mass is 341 g/mol. The summed E-state index contributed by atoms with van der Waals surface area (Å²) in [6.07, 6.45) is 3.72. The first-order valence-electron chi connectivity index (χ1n) is 9.22. The molecule has 2 aromatic rings. The second kappa shape index (κ2) is 7.83. The number of aromatic nitrogens is 2. The lowest BCUT2D eigenvalue weighted by Gasteiger charge is -2.12. The van der Waals surface area contributed by atoms with Gasteiger partial charge in [0.05, 0.1) is 28.7 Å². The number of carbonyl (C=O) groups is 1. The molecule has 0 unspecified atom stereocenters. The Kier molecular flexibility index (Phi) is 5.53. The first-order valence-corrected chi connectivity index (χ1v) is 9.22. The van der Waals surface area contributed by atoms with E-state index in [0.29, 0.717) is 6.54 Å². The highest BCUT2D eigenvalue weighted by atomic mass is 16.5. The van der Waals surface area contributed by atoms with Crippen LogP contribution in [0.5, 0.6) is 0 Å². The van der Waals surface area contributed by atoms with Crippen molar-refractivity contribution in [3.05, 3.63) is 46.8 Å². The van der Waals surface area contributed by atoms with E-state index in [1.807, 2.05) is 23.7 Å². The van der Waals surface area contributed by atoms with Crippen LogP contribution in [0.25, 0.3) is 5.69 Å². The van der Waals surface area contributed by atoms with Crippen molar-refractivity contribution in [2.24, 2.45) is 0 Å². The lowest BCUT2D eigenvalue weighted by Crippen LogP contribution is -2.32. The summed E-state index contributed by atoms with van der Waals surface area (Å²) in [7, 11) is 0. The van der Waals surface area contributed by atoms with Crippen molar-refractivity contribution >= 4 is 5.91 Å². The molecule has 0 radical (unpaired) electrons. The van der Waals surface area contributed by atoms with Gasteiger partial charge >= 0.3 is 0 Å². The molecule has 1 fully saturated rings. The number of aryl methyl sites for hydroxylation is 2. The van der Waals surface area contributed by atoms with Crippen LogP contribution in [0.2, 0.25) is 0 Å². The van der Waals surface area contributed by atoms with Crippen molar-refractivity contribution in [1.29, 1.82) is 0 Å². The lowest BCUT2D eigenvalue weighted by molar-refractivity contribution is 0.0856. The number of nitrogens with zero attached hydrogens (tertiary/aromatic N) is 2. The summed E-state index contributed by atoms with van der Waals surface area (Å²) in [6.45, 7) is 7.55. The number of hydrogen-bond donors (Lipinski definition) is 1. The molecule has 0 aliphatic carbocycles. The molecule has 0 saturated carbocycles. The van der Waals surface area contributed by atoms with Crippen LogP contribution in [0.15, 0.2) is 24.3 Å². The molecule has 5 nitrogen and oxygen atoms in total. The van der Waals surface area contributed by atoms with Gasteiger partial charge in [-0.25, -0.2) is 4.68 Å². The van der Waals surface area contributed by atoms with Gasteiger partial charge in [0.25, 0.3) is 5.91 Å². The average molecular weight is 341 g/mol. The van der Waals surface area contributed by atoms with Crippen molar-refractivity contribution in [3.8, 4) is 5.69 Å². The predicted octanol–water partition coefficient (Wildman–Crippen LogP) is 3.21. The number of para-hydroxylation sites is 1. The Hall–Kier alpha value is -2.14. The molecule has 3 rings (SSSR count). The third kappa shape index (κ3) is 3.61. The molecular weight excluding hydrogens is 314 g/mol. The van der Waals surface area contributed by atoms with Gasteiger partial charge in [-0.3, -0.25) is 4.79 Å². The molecule has 1 aliphatic rings. The van der Waals surface area contributed by atoms with Gasteiger partial charge in [0.15, 0.2) is 0 Å². The van der Waals surface area contributed by atoms with Gasteiger partial charge in [0.1, 0.15) is 0 Å². The highest BCUT2D eigenvalue weighted by Gasteiger charge is 2.24. The minimum absolute atomic E-state index is 0.0379. The molecule has 1 aromatic carbocycles. The van der Waals surface area contributed by atoms with Crippen LogP contribution >= 0.6 is 0 Å². The minimum atomic E-state index is -0.0379. The zero-order valence-electron chi connectivity index (χ0n) is 15.3. The maximum absolute atomic E-state index is 12.9. The molecule has 134 valence electrons. The van der Waals surface area contributed by atoms with E-state index in [9.17, 15) is 4.79 Å². The molecule has 2 heterocycles. The number of carbonyl (C=O) groups excluding carboxylic acids is 1. The predicted molar refractivity (Wildman–Crippen MR) is 98.4 cm³/mol. The van der Waals surface area contributed by atoms with Crippen LogP contribution in [0, 0.1) is 6.92 Å². The Morgan fingerprint density at radius 2 is 2.12 bits per heavy atom. The number of rotatable bonds is 6. The fourth-order valence-corrected chi connectivity index (χ4v) is 3.44. The Morgan fingerprint density at radius 1 is 1.32 bits per heavy atom. The van der Waals surface area contributed by atoms with Gasteiger partial charge in [0, 0.05) is 13.2 Å². The summed E-state index contributed by atoms with van der Waals surface area (Å²) < 4.78 is 7.55. The molecule has 1 aromatic heterocycles. The summed E-state index contributed by atoms with van der Waals surface area (Å²) in [5, 5.41) is 7.81. The quantitative estimate of drug-likeness (QED) is 0.878. The van der Waals surface area contributed by atoms with Gasteiger partial charge in [-0.05, 0) is 44.2 Å². The van der Waals surface area contributed by atoms with Crippen LogP contribution < -0.4 is 5.32 Å². The fraction of sp³-hybridized carbons (Fsp3) is 0.500. The normalized spacial score (nSPS) is 17.0. The third-order valence-electron chi connectivity index (χ3n) is 4.81. The molecule has 5 heteroatoms. The van der Waals surface area contributed by atoms with Crippen molar-refractivity contribution in [1.82, 2.24) is 15.1 Å². The number of nitrogens with one attached hydrogen (secondary N) is 1. The van der Waals surface area contributed by atoms with Gasteiger partial charge in [-0.15, -0.1) is 0 Å². The lowest BCUT2D eigenvalue weighted by atomic mass is 10.1. The molecular formula is C20H27N3O2. The summed E-state index contributed by atoms with van der Waals surface area (Å²) in [5.74, 6) is -0.0379. The Bertz CT molecular complexity index is 745. The molecule has 25 heavy (non-hydrogen) atoms. The van der Waals surface area contributed by atoms with Crippen LogP contribution in [0.1, 0.15) is 54.0 Å². The van der Waals surface area contributed by atoms with E-state index in [1.165, 1.54) is 0 Å². The van der Waals surface area contributed by atoms with Gasteiger partial charge in [-0.1, -0.05) is 32.0 Å². The van der Waals surface area contributed by atoms with Crippen molar-refractivity contribution in [2.45, 2.75) is 52.6 Å². The summed E-state index contributed by atoms with van der Waals surface area (Å²) >= 11 is 0. The van der Waals surface area contributed by atoms with Crippen molar-refractivity contribution < 1.29 is 9.53 Å². The maximum Gasteiger partial charge on any atom is 0.255 e. The van der Waals surface area contributed by atoms with E-state index in [4.69, 9.17) is 9.84 Å². The van der Waals surface area contributed by atoms with Crippen molar-refractivity contribution in [3.63, 3.8) is 0 Å². The Morgan fingerprint density at radius 3 is 2.76 bits per heavy atom. The largest absolute Gasteiger partial charge is 0.376 e. The van der Waals surface area contributed by atoms with Gasteiger partial charge in [0.2, 0.25) is 0 Å². The van der Waals surface area contributed by atoms with Crippen LogP contribution in [0.3, 0.4) is 0 Å². The molecule has 0 spiro atoms. The maximum atomic E-state index is 12.9. The third-order valence-corrected chi connectivity index (χ3v) is 4.81. The summed E-state index contributed by atoms with van der Waals surface area (Å²) in [6, 6.07) is 8.14. The van der Waals surface area contributed by atoms with E-state index in [1.54, 1.807) is 0 Å². The summed E-state index contributed by atoms with van der Waals surface area (Å²) in [5.41, 5.74) is 4.73. The molecule has 1 amide bonds. The topological polar surface area (TPSA) is 56.2 Å². The smallest absolute Gasteiger partial charge is 0.255 e. The van der Waals surface area contributed by atoms with Crippen LogP contribution in [0.4, 0.5) is 0 Å². The number of hydrogen-bond acceptors (Lipinski definition) is 3. The SMILES string of the molecule is CCc1nn(-c2ccccc2C)c(CC)c1C(=O)NC[C@H]1CCCO1. The first-order chi connectivity index (χ1) is 12.2. The molecule has 0 bridgehead atoms. The highest BCUT2D eigenvalue weighted by Crippen LogP contribution is 2.22. The first kappa shape index (κ1) is 17.7.